The zero-order chi connectivity index (χ0) is 15.2. The fraction of sp³-hybridized carbons (Fsp3) is 0.312. The Morgan fingerprint density at radius 2 is 2.19 bits per heavy atom. The lowest BCUT2D eigenvalue weighted by Crippen LogP contribution is -2.12. The Morgan fingerprint density at radius 3 is 2.81 bits per heavy atom. The van der Waals surface area contributed by atoms with E-state index in [1.807, 2.05) is 19.9 Å². The summed E-state index contributed by atoms with van der Waals surface area (Å²) in [6, 6.07) is 8.87. The van der Waals surface area contributed by atoms with Crippen LogP contribution in [0.2, 0.25) is 5.02 Å². The highest BCUT2D eigenvalue weighted by atomic mass is 35.5. The van der Waals surface area contributed by atoms with E-state index in [-0.39, 0.29) is 12.0 Å². The third-order valence-corrected chi connectivity index (χ3v) is 3.05. The SMILES string of the molecule is CC(C)Oc1ccc(NC(=O)CCc2ccco2)cc1Cl. The first-order chi connectivity index (χ1) is 10.0. The number of carbonyl (C=O) groups excluding carboxylic acids is 1. The van der Waals surface area contributed by atoms with Gasteiger partial charge in [0.15, 0.2) is 0 Å². The van der Waals surface area contributed by atoms with E-state index in [1.165, 1.54) is 0 Å². The summed E-state index contributed by atoms with van der Waals surface area (Å²) in [6.07, 6.45) is 2.58. The summed E-state index contributed by atoms with van der Waals surface area (Å²) in [7, 11) is 0. The maximum atomic E-state index is 11.9. The number of hydrogen-bond donors (Lipinski definition) is 1. The molecule has 0 spiro atoms. The second-order valence-corrected chi connectivity index (χ2v) is 5.35. The molecule has 0 aliphatic rings. The lowest BCUT2D eigenvalue weighted by Gasteiger charge is -2.12. The number of halogens is 1. The number of aryl methyl sites for hydroxylation is 1. The topological polar surface area (TPSA) is 51.5 Å². The summed E-state index contributed by atoms with van der Waals surface area (Å²) in [4.78, 5) is 11.9. The molecule has 1 aromatic carbocycles. The highest BCUT2D eigenvalue weighted by molar-refractivity contribution is 6.32. The molecule has 0 aliphatic heterocycles. The molecule has 0 atom stereocenters. The summed E-state index contributed by atoms with van der Waals surface area (Å²) in [6.45, 7) is 3.86. The van der Waals surface area contributed by atoms with Crippen molar-refractivity contribution in [3.63, 3.8) is 0 Å². The number of hydrogen-bond acceptors (Lipinski definition) is 3. The smallest absolute Gasteiger partial charge is 0.224 e. The molecule has 1 heterocycles. The van der Waals surface area contributed by atoms with Crippen molar-refractivity contribution >= 4 is 23.2 Å². The van der Waals surface area contributed by atoms with Gasteiger partial charge >= 0.3 is 0 Å². The average Bonchev–Trinajstić information content (AvgIpc) is 2.92. The summed E-state index contributed by atoms with van der Waals surface area (Å²) in [5.74, 6) is 1.32. The van der Waals surface area contributed by atoms with Crippen LogP contribution in [-0.4, -0.2) is 12.0 Å². The third-order valence-electron chi connectivity index (χ3n) is 2.76. The molecular formula is C16H18ClNO3. The van der Waals surface area contributed by atoms with Crippen molar-refractivity contribution in [1.82, 2.24) is 0 Å². The fourth-order valence-electron chi connectivity index (χ4n) is 1.84. The Bertz CT molecular complexity index is 594. The molecule has 0 bridgehead atoms. The van der Waals surface area contributed by atoms with Gasteiger partial charge in [-0.1, -0.05) is 11.6 Å². The molecule has 112 valence electrons. The molecule has 0 radical (unpaired) electrons. The van der Waals surface area contributed by atoms with E-state index in [0.717, 1.165) is 5.76 Å². The van der Waals surface area contributed by atoms with Crippen molar-refractivity contribution in [2.75, 3.05) is 5.32 Å². The van der Waals surface area contributed by atoms with Crippen LogP contribution in [0.5, 0.6) is 5.75 Å². The first kappa shape index (κ1) is 15.4. The molecule has 21 heavy (non-hydrogen) atoms. The number of carbonyl (C=O) groups is 1. The summed E-state index contributed by atoms with van der Waals surface area (Å²) in [5.41, 5.74) is 0.653. The van der Waals surface area contributed by atoms with Gasteiger partial charge in [-0.25, -0.2) is 0 Å². The number of amides is 1. The van der Waals surface area contributed by atoms with Crippen molar-refractivity contribution < 1.29 is 13.9 Å². The molecule has 1 N–H and O–H groups in total. The normalized spacial score (nSPS) is 10.7. The minimum Gasteiger partial charge on any atom is -0.489 e. The average molecular weight is 308 g/mol. The van der Waals surface area contributed by atoms with Crippen molar-refractivity contribution in [2.45, 2.75) is 32.8 Å². The van der Waals surface area contributed by atoms with Crippen LogP contribution in [0.4, 0.5) is 5.69 Å². The number of nitrogens with one attached hydrogen (secondary N) is 1. The third kappa shape index (κ3) is 4.83. The number of ether oxygens (including phenoxy) is 1. The molecule has 2 rings (SSSR count). The predicted molar refractivity (Wildman–Crippen MR) is 82.9 cm³/mol. The van der Waals surface area contributed by atoms with Gasteiger partial charge in [-0.3, -0.25) is 4.79 Å². The van der Waals surface area contributed by atoms with Crippen LogP contribution in [0.25, 0.3) is 0 Å². The molecule has 0 unspecified atom stereocenters. The van der Waals surface area contributed by atoms with Gasteiger partial charge in [-0.05, 0) is 44.2 Å². The maximum absolute atomic E-state index is 11.9. The first-order valence-electron chi connectivity index (χ1n) is 6.83. The van der Waals surface area contributed by atoms with Gasteiger partial charge in [0.25, 0.3) is 0 Å². The van der Waals surface area contributed by atoms with E-state index in [9.17, 15) is 4.79 Å². The molecule has 0 saturated carbocycles. The molecule has 1 aromatic heterocycles. The Labute approximate surface area is 129 Å². The quantitative estimate of drug-likeness (QED) is 0.866. The van der Waals surface area contributed by atoms with Gasteiger partial charge in [-0.15, -0.1) is 0 Å². The van der Waals surface area contributed by atoms with Crippen molar-refractivity contribution in [3.8, 4) is 5.75 Å². The van der Waals surface area contributed by atoms with Crippen LogP contribution in [0.3, 0.4) is 0 Å². The highest BCUT2D eigenvalue weighted by Crippen LogP contribution is 2.28. The fourth-order valence-corrected chi connectivity index (χ4v) is 2.07. The van der Waals surface area contributed by atoms with Crippen molar-refractivity contribution in [2.24, 2.45) is 0 Å². The molecule has 0 fully saturated rings. The molecule has 0 saturated heterocycles. The predicted octanol–water partition coefficient (Wildman–Crippen LogP) is 4.29. The number of furan rings is 1. The highest BCUT2D eigenvalue weighted by Gasteiger charge is 2.08. The van der Waals surface area contributed by atoms with Crippen LogP contribution in [-0.2, 0) is 11.2 Å². The standard InChI is InChI=1S/C16H18ClNO3/c1-11(2)21-15-7-5-12(10-14(15)17)18-16(19)8-6-13-4-3-9-20-13/h3-5,7,9-11H,6,8H2,1-2H3,(H,18,19). The summed E-state index contributed by atoms with van der Waals surface area (Å²) in [5, 5.41) is 3.28. The monoisotopic (exact) mass is 307 g/mol. The van der Waals surface area contributed by atoms with Crippen LogP contribution in [0.15, 0.2) is 41.0 Å². The van der Waals surface area contributed by atoms with Gasteiger partial charge in [0.2, 0.25) is 5.91 Å². The van der Waals surface area contributed by atoms with E-state index in [0.29, 0.717) is 29.3 Å². The van der Waals surface area contributed by atoms with E-state index < -0.39 is 0 Å². The minimum absolute atomic E-state index is 0.0521. The molecule has 5 heteroatoms. The number of benzene rings is 1. The first-order valence-corrected chi connectivity index (χ1v) is 7.21. The maximum Gasteiger partial charge on any atom is 0.224 e. The van der Waals surface area contributed by atoms with Crippen LogP contribution < -0.4 is 10.1 Å². The van der Waals surface area contributed by atoms with Crippen LogP contribution >= 0.6 is 11.6 Å². The molecule has 2 aromatic rings. The Kier molecular flexibility index (Phi) is 5.28. The second kappa shape index (κ2) is 7.18. The van der Waals surface area contributed by atoms with Gasteiger partial charge in [0.05, 0.1) is 17.4 Å². The van der Waals surface area contributed by atoms with E-state index in [1.54, 1.807) is 30.5 Å². The zero-order valence-electron chi connectivity index (χ0n) is 12.1. The van der Waals surface area contributed by atoms with Crippen LogP contribution in [0, 0.1) is 0 Å². The van der Waals surface area contributed by atoms with Gasteiger partial charge < -0.3 is 14.5 Å². The van der Waals surface area contributed by atoms with Crippen molar-refractivity contribution in [1.29, 1.82) is 0 Å². The van der Waals surface area contributed by atoms with Gasteiger partial charge in [0, 0.05) is 18.5 Å². The number of rotatable bonds is 6. The molecule has 1 amide bonds. The lowest BCUT2D eigenvalue weighted by atomic mass is 10.2. The lowest BCUT2D eigenvalue weighted by molar-refractivity contribution is -0.116. The van der Waals surface area contributed by atoms with Gasteiger partial charge in [0.1, 0.15) is 11.5 Å². The Morgan fingerprint density at radius 1 is 1.38 bits per heavy atom. The number of anilines is 1. The van der Waals surface area contributed by atoms with Gasteiger partial charge in [-0.2, -0.15) is 0 Å². The minimum atomic E-state index is -0.0833. The van der Waals surface area contributed by atoms with E-state index in [2.05, 4.69) is 5.32 Å². The van der Waals surface area contributed by atoms with Crippen molar-refractivity contribution in [3.05, 3.63) is 47.4 Å². The Balaban J connectivity index is 1.90. The largest absolute Gasteiger partial charge is 0.489 e. The molecular weight excluding hydrogens is 290 g/mol. The van der Waals surface area contributed by atoms with E-state index >= 15 is 0 Å². The Hall–Kier alpha value is -1.94. The molecule has 0 aliphatic carbocycles. The van der Waals surface area contributed by atoms with Crippen LogP contribution in [0.1, 0.15) is 26.0 Å². The summed E-state index contributed by atoms with van der Waals surface area (Å²) < 4.78 is 10.7. The van der Waals surface area contributed by atoms with E-state index in [4.69, 9.17) is 20.8 Å². The second-order valence-electron chi connectivity index (χ2n) is 4.94. The zero-order valence-corrected chi connectivity index (χ0v) is 12.8. The molecule has 4 nitrogen and oxygen atoms in total. The summed E-state index contributed by atoms with van der Waals surface area (Å²) >= 11 is 6.12.